The second-order valence-corrected chi connectivity index (χ2v) is 6.27. The van der Waals surface area contributed by atoms with Crippen LogP contribution in [-0.2, 0) is 4.79 Å². The van der Waals surface area contributed by atoms with Gasteiger partial charge in [0.25, 0.3) is 5.91 Å². The van der Waals surface area contributed by atoms with Gasteiger partial charge in [0.05, 0.1) is 19.2 Å². The predicted octanol–water partition coefficient (Wildman–Crippen LogP) is 4.08. The van der Waals surface area contributed by atoms with Gasteiger partial charge in [0.15, 0.2) is 6.61 Å². The van der Waals surface area contributed by atoms with Crippen molar-refractivity contribution >= 4 is 35.1 Å². The Morgan fingerprint density at radius 1 is 1.07 bits per heavy atom. The van der Waals surface area contributed by atoms with E-state index in [2.05, 4.69) is 15.5 Å². The highest BCUT2D eigenvalue weighted by Gasteiger charge is 2.14. The monoisotopic (exact) mass is 423 g/mol. The molecule has 8 nitrogen and oxygen atoms in total. The van der Waals surface area contributed by atoms with Crippen molar-refractivity contribution in [2.75, 3.05) is 26.1 Å². The number of amides is 1. The molecule has 0 atom stereocenters. The van der Waals surface area contributed by atoms with Crippen LogP contribution in [0.25, 0.3) is 11.5 Å². The minimum absolute atomic E-state index is 0.0763. The van der Waals surface area contributed by atoms with Crippen molar-refractivity contribution in [2.24, 2.45) is 0 Å². The number of carbonyl (C=O) groups is 1. The molecule has 0 unspecified atom stereocenters. The first kappa shape index (κ1) is 19.8. The van der Waals surface area contributed by atoms with Crippen LogP contribution < -0.4 is 19.5 Å². The summed E-state index contributed by atoms with van der Waals surface area (Å²) in [7, 11) is 3.07. The van der Waals surface area contributed by atoms with Crippen LogP contribution in [0, 0.1) is 0 Å². The lowest BCUT2D eigenvalue weighted by Crippen LogP contribution is -2.20. The molecule has 28 heavy (non-hydrogen) atoms. The van der Waals surface area contributed by atoms with E-state index in [1.807, 2.05) is 0 Å². The van der Waals surface area contributed by atoms with Gasteiger partial charge in [0.2, 0.25) is 5.89 Å². The molecular weight excluding hydrogens is 409 g/mol. The Morgan fingerprint density at radius 2 is 1.79 bits per heavy atom. The van der Waals surface area contributed by atoms with Crippen molar-refractivity contribution < 1.29 is 23.4 Å². The molecule has 0 aliphatic heterocycles. The number of rotatable bonds is 7. The Hall–Kier alpha value is -2.97. The number of hydrogen-bond donors (Lipinski definition) is 1. The summed E-state index contributed by atoms with van der Waals surface area (Å²) in [5, 5.41) is 10.9. The fraction of sp³-hybridized carbons (Fsp3) is 0.167. The van der Waals surface area contributed by atoms with E-state index in [0.717, 1.165) is 0 Å². The topological polar surface area (TPSA) is 95.7 Å². The first-order valence-electron chi connectivity index (χ1n) is 7.93. The number of methoxy groups -OCH3 is 2. The van der Waals surface area contributed by atoms with Gasteiger partial charge >= 0.3 is 6.01 Å². The van der Waals surface area contributed by atoms with Crippen LogP contribution in [-0.4, -0.2) is 36.9 Å². The molecule has 146 valence electrons. The number of aromatic nitrogens is 2. The lowest BCUT2D eigenvalue weighted by atomic mass is 10.2. The fourth-order valence-electron chi connectivity index (χ4n) is 2.21. The largest absolute Gasteiger partial charge is 0.497 e. The van der Waals surface area contributed by atoms with Gasteiger partial charge in [-0.15, -0.1) is 5.10 Å². The molecule has 3 aromatic rings. The van der Waals surface area contributed by atoms with Gasteiger partial charge in [-0.2, -0.15) is 0 Å². The minimum atomic E-state index is -0.496. The minimum Gasteiger partial charge on any atom is -0.497 e. The lowest BCUT2D eigenvalue weighted by molar-refractivity contribution is -0.118. The lowest BCUT2D eigenvalue weighted by Gasteiger charge is -2.07. The highest BCUT2D eigenvalue weighted by molar-refractivity contribution is 6.35. The Bertz CT molecular complexity index is 971. The third kappa shape index (κ3) is 4.85. The summed E-state index contributed by atoms with van der Waals surface area (Å²) in [6.45, 7) is -0.300. The van der Waals surface area contributed by atoms with Crippen molar-refractivity contribution in [3.63, 3.8) is 0 Å². The summed E-state index contributed by atoms with van der Waals surface area (Å²) in [5.74, 6) is 1.15. The van der Waals surface area contributed by atoms with Gasteiger partial charge < -0.3 is 18.6 Å². The Balaban J connectivity index is 1.65. The Kier molecular flexibility index (Phi) is 6.23. The number of halogens is 2. The molecule has 0 saturated carbocycles. The van der Waals surface area contributed by atoms with Crippen molar-refractivity contribution in [3.8, 4) is 28.7 Å². The number of hydrogen-bond acceptors (Lipinski definition) is 7. The fourth-order valence-corrected chi connectivity index (χ4v) is 2.68. The quantitative estimate of drug-likeness (QED) is 0.611. The van der Waals surface area contributed by atoms with E-state index in [1.54, 1.807) is 30.3 Å². The van der Waals surface area contributed by atoms with Crippen molar-refractivity contribution in [3.05, 3.63) is 46.4 Å². The average Bonchev–Trinajstić information content (AvgIpc) is 3.15. The maximum Gasteiger partial charge on any atom is 0.322 e. The van der Waals surface area contributed by atoms with Crippen LogP contribution in [0.1, 0.15) is 0 Å². The van der Waals surface area contributed by atoms with E-state index >= 15 is 0 Å². The summed E-state index contributed by atoms with van der Waals surface area (Å²) < 4.78 is 21.2. The van der Waals surface area contributed by atoms with E-state index in [9.17, 15) is 4.79 Å². The third-order valence-electron chi connectivity index (χ3n) is 3.52. The molecule has 0 aliphatic rings. The molecule has 0 saturated heterocycles. The Morgan fingerprint density at radius 3 is 2.43 bits per heavy atom. The summed E-state index contributed by atoms with van der Waals surface area (Å²) >= 11 is 11.8. The molecule has 0 spiro atoms. The third-order valence-corrected chi connectivity index (χ3v) is 4.05. The van der Waals surface area contributed by atoms with Crippen molar-refractivity contribution in [1.82, 2.24) is 10.2 Å². The van der Waals surface area contributed by atoms with Gasteiger partial charge in [0.1, 0.15) is 17.2 Å². The summed E-state index contributed by atoms with van der Waals surface area (Å²) in [6.07, 6.45) is 0. The molecule has 1 aromatic heterocycles. The first-order chi connectivity index (χ1) is 13.5. The zero-order valence-corrected chi connectivity index (χ0v) is 16.4. The molecule has 3 rings (SSSR count). The highest BCUT2D eigenvalue weighted by Crippen LogP contribution is 2.30. The van der Waals surface area contributed by atoms with Crippen molar-refractivity contribution in [1.29, 1.82) is 0 Å². The maximum absolute atomic E-state index is 12.0. The van der Waals surface area contributed by atoms with E-state index in [1.165, 1.54) is 20.3 Å². The highest BCUT2D eigenvalue weighted by atomic mass is 35.5. The van der Waals surface area contributed by atoms with Gasteiger partial charge in [-0.05, 0) is 30.3 Å². The molecule has 2 aromatic carbocycles. The molecule has 1 heterocycles. The average molecular weight is 424 g/mol. The smallest absolute Gasteiger partial charge is 0.322 e. The van der Waals surface area contributed by atoms with Crippen LogP contribution in [0.5, 0.6) is 17.2 Å². The van der Waals surface area contributed by atoms with Gasteiger partial charge in [0, 0.05) is 16.7 Å². The van der Waals surface area contributed by atoms with E-state index < -0.39 is 5.91 Å². The number of nitrogens with one attached hydrogen (secondary N) is 1. The summed E-state index contributed by atoms with van der Waals surface area (Å²) in [6, 6.07) is 9.73. The number of carbonyl (C=O) groups excluding carboxylic acids is 1. The molecular formula is C18H15Cl2N3O5. The summed E-state index contributed by atoms with van der Waals surface area (Å²) in [4.78, 5) is 12.0. The van der Waals surface area contributed by atoms with E-state index in [4.69, 9.17) is 41.8 Å². The second kappa shape index (κ2) is 8.81. The van der Waals surface area contributed by atoms with E-state index in [0.29, 0.717) is 32.9 Å². The zero-order chi connectivity index (χ0) is 20.1. The molecule has 0 fully saturated rings. The molecule has 1 amide bonds. The van der Waals surface area contributed by atoms with E-state index in [-0.39, 0.29) is 18.5 Å². The van der Waals surface area contributed by atoms with Gasteiger partial charge in [-0.1, -0.05) is 28.3 Å². The SMILES string of the molecule is COc1cc(OC)cc(-c2nnc(NC(=O)COc3ccc(Cl)cc3Cl)o2)c1. The van der Waals surface area contributed by atoms with Crippen LogP contribution in [0.3, 0.4) is 0 Å². The van der Waals surface area contributed by atoms with Crippen LogP contribution in [0.15, 0.2) is 40.8 Å². The number of ether oxygens (including phenoxy) is 3. The van der Waals surface area contributed by atoms with Crippen LogP contribution in [0.4, 0.5) is 6.01 Å². The number of anilines is 1. The number of benzene rings is 2. The molecule has 1 N–H and O–H groups in total. The number of nitrogens with zero attached hydrogens (tertiary/aromatic N) is 2. The maximum atomic E-state index is 12.0. The second-order valence-electron chi connectivity index (χ2n) is 5.43. The first-order valence-corrected chi connectivity index (χ1v) is 8.68. The molecule has 10 heteroatoms. The molecule has 0 bridgehead atoms. The van der Waals surface area contributed by atoms with Gasteiger partial charge in [-0.3, -0.25) is 10.1 Å². The van der Waals surface area contributed by atoms with Crippen molar-refractivity contribution in [2.45, 2.75) is 0 Å². The summed E-state index contributed by atoms with van der Waals surface area (Å²) in [5.41, 5.74) is 0.577. The van der Waals surface area contributed by atoms with Crippen LogP contribution >= 0.6 is 23.2 Å². The molecule has 0 radical (unpaired) electrons. The molecule has 0 aliphatic carbocycles. The zero-order valence-electron chi connectivity index (χ0n) is 14.9. The van der Waals surface area contributed by atoms with Gasteiger partial charge in [-0.25, -0.2) is 0 Å². The Labute approximate surface area is 170 Å². The van der Waals surface area contributed by atoms with Crippen LogP contribution in [0.2, 0.25) is 10.0 Å². The standard InChI is InChI=1S/C18H15Cl2N3O5/c1-25-12-5-10(6-13(8-12)26-2)17-22-23-18(28-17)21-16(24)9-27-15-4-3-11(19)7-14(15)20/h3-8H,9H2,1-2H3,(H,21,23,24). The predicted molar refractivity (Wildman–Crippen MR) is 103 cm³/mol. The normalized spacial score (nSPS) is 10.4.